The smallest absolute Gasteiger partial charge is 0.242 e. The number of benzene rings is 1. The second-order valence-corrected chi connectivity index (χ2v) is 7.34. The highest BCUT2D eigenvalue weighted by molar-refractivity contribution is 5.88. The number of aromatic nitrogens is 1. The molecule has 0 bridgehead atoms. The number of likely N-dealkylation sites (N-methyl/N-ethyl adjacent to an activating group) is 1. The Morgan fingerprint density at radius 3 is 2.93 bits per heavy atom. The molecule has 3 heterocycles. The Hall–Kier alpha value is -2.47. The fraction of sp³-hybridized carbons (Fsp3) is 0.429. The van der Waals surface area contributed by atoms with Gasteiger partial charge in [-0.15, -0.1) is 0 Å². The van der Waals surface area contributed by atoms with Crippen LogP contribution >= 0.6 is 0 Å². The van der Waals surface area contributed by atoms with Gasteiger partial charge in [-0.25, -0.2) is 4.39 Å². The van der Waals surface area contributed by atoms with E-state index in [1.165, 1.54) is 6.07 Å². The van der Waals surface area contributed by atoms with Crippen LogP contribution < -0.4 is 10.1 Å². The molecular formula is C21H24FN3O2. The zero-order valence-corrected chi connectivity index (χ0v) is 15.7. The van der Waals surface area contributed by atoms with Gasteiger partial charge in [0.1, 0.15) is 17.1 Å². The number of rotatable bonds is 4. The number of nitrogens with one attached hydrogen (secondary N) is 1. The molecule has 1 N–H and O–H groups in total. The van der Waals surface area contributed by atoms with Crippen LogP contribution in [0, 0.1) is 5.82 Å². The van der Waals surface area contributed by atoms with Gasteiger partial charge in [0.15, 0.2) is 0 Å². The number of nitrogens with zero attached hydrogens (tertiary/aromatic N) is 2. The Bertz CT molecular complexity index is 872. The van der Waals surface area contributed by atoms with Crippen molar-refractivity contribution in [2.24, 2.45) is 0 Å². The zero-order chi connectivity index (χ0) is 19.0. The minimum absolute atomic E-state index is 0.00136. The topological polar surface area (TPSA) is 54.5 Å². The van der Waals surface area contributed by atoms with E-state index in [0.717, 1.165) is 37.1 Å². The van der Waals surface area contributed by atoms with E-state index in [1.807, 2.05) is 20.0 Å². The fourth-order valence-corrected chi connectivity index (χ4v) is 4.18. The van der Waals surface area contributed by atoms with Crippen molar-refractivity contribution in [2.75, 3.05) is 20.2 Å². The summed E-state index contributed by atoms with van der Waals surface area (Å²) >= 11 is 0. The van der Waals surface area contributed by atoms with Gasteiger partial charge in [0.05, 0.1) is 18.3 Å². The molecule has 4 rings (SSSR count). The molecule has 1 amide bonds. The number of carbonyl (C=O) groups is 1. The third-order valence-electron chi connectivity index (χ3n) is 5.64. The summed E-state index contributed by atoms with van der Waals surface area (Å²) in [6.45, 7) is 3.21. The van der Waals surface area contributed by atoms with E-state index >= 15 is 0 Å². The van der Waals surface area contributed by atoms with E-state index in [2.05, 4.69) is 10.3 Å². The van der Waals surface area contributed by atoms with Gasteiger partial charge in [-0.1, -0.05) is 0 Å². The highest BCUT2D eigenvalue weighted by Crippen LogP contribution is 2.39. The molecule has 2 fully saturated rings. The van der Waals surface area contributed by atoms with Crippen molar-refractivity contribution < 1.29 is 13.9 Å². The lowest BCUT2D eigenvalue weighted by Gasteiger charge is -2.23. The van der Waals surface area contributed by atoms with Gasteiger partial charge < -0.3 is 9.64 Å². The number of hydrogen-bond donors (Lipinski definition) is 1. The summed E-state index contributed by atoms with van der Waals surface area (Å²) in [6, 6.07) is 8.49. The van der Waals surface area contributed by atoms with Gasteiger partial charge in [-0.05, 0) is 62.1 Å². The second-order valence-electron chi connectivity index (χ2n) is 7.34. The van der Waals surface area contributed by atoms with Crippen LogP contribution in [-0.2, 0) is 4.79 Å². The number of hydrogen-bond acceptors (Lipinski definition) is 4. The Balaban J connectivity index is 1.61. The number of carbonyl (C=O) groups excluding carboxylic acids is 1. The van der Waals surface area contributed by atoms with E-state index in [4.69, 9.17) is 4.74 Å². The largest absolute Gasteiger partial charge is 0.494 e. The molecular weight excluding hydrogens is 345 g/mol. The molecule has 1 spiro atoms. The van der Waals surface area contributed by atoms with Crippen molar-refractivity contribution in [3.63, 3.8) is 0 Å². The molecule has 27 heavy (non-hydrogen) atoms. The molecule has 1 aromatic carbocycles. The van der Waals surface area contributed by atoms with Gasteiger partial charge >= 0.3 is 0 Å². The third kappa shape index (κ3) is 3.18. The highest BCUT2D eigenvalue weighted by atomic mass is 19.1. The number of pyridine rings is 1. The SMILES string of the molecule is CCOc1ccc(F)c(-c2ccnc([C@H]3CC[C@]4(CCN(C)C4=O)N3)c2)c1. The monoisotopic (exact) mass is 369 g/mol. The molecule has 1 aromatic heterocycles. The molecule has 2 aromatic rings. The van der Waals surface area contributed by atoms with Crippen LogP contribution in [0.5, 0.6) is 5.75 Å². The summed E-state index contributed by atoms with van der Waals surface area (Å²) in [5.41, 5.74) is 1.63. The lowest BCUT2D eigenvalue weighted by molar-refractivity contribution is -0.131. The van der Waals surface area contributed by atoms with Gasteiger partial charge in [0, 0.05) is 25.4 Å². The van der Waals surface area contributed by atoms with Crippen molar-refractivity contribution in [3.05, 3.63) is 48.0 Å². The maximum absolute atomic E-state index is 14.4. The van der Waals surface area contributed by atoms with E-state index < -0.39 is 5.54 Å². The van der Waals surface area contributed by atoms with Gasteiger partial charge in [-0.3, -0.25) is 15.1 Å². The number of amides is 1. The average Bonchev–Trinajstić information content (AvgIpc) is 3.24. The summed E-state index contributed by atoms with van der Waals surface area (Å²) in [5.74, 6) is 0.514. The van der Waals surface area contributed by atoms with E-state index in [1.54, 1.807) is 29.3 Å². The molecule has 0 aliphatic carbocycles. The molecule has 2 aliphatic rings. The van der Waals surface area contributed by atoms with Crippen LogP contribution in [0.25, 0.3) is 11.1 Å². The first kappa shape index (κ1) is 17.9. The summed E-state index contributed by atoms with van der Waals surface area (Å²) in [7, 11) is 1.85. The molecule has 2 saturated heterocycles. The standard InChI is InChI=1S/C21H24FN3O2/c1-3-27-15-4-5-17(22)16(13-15)14-7-10-23-19(12-14)18-6-8-21(24-18)9-11-25(2)20(21)26/h4-5,7,10,12-13,18,24H,3,6,8-9,11H2,1-2H3/t18-,21-/m1/s1. The molecule has 0 unspecified atom stereocenters. The second kappa shape index (κ2) is 6.93. The van der Waals surface area contributed by atoms with Crippen LogP contribution in [0.2, 0.25) is 0 Å². The lowest BCUT2D eigenvalue weighted by Crippen LogP contribution is -2.47. The molecule has 5 nitrogen and oxygen atoms in total. The summed E-state index contributed by atoms with van der Waals surface area (Å²) in [4.78, 5) is 18.8. The molecule has 142 valence electrons. The maximum atomic E-state index is 14.4. The predicted molar refractivity (Wildman–Crippen MR) is 101 cm³/mol. The summed E-state index contributed by atoms with van der Waals surface area (Å²) in [6.07, 6.45) is 4.18. The summed E-state index contributed by atoms with van der Waals surface area (Å²) < 4.78 is 19.9. The van der Waals surface area contributed by atoms with Gasteiger partial charge in [0.2, 0.25) is 5.91 Å². The van der Waals surface area contributed by atoms with Gasteiger partial charge in [0.25, 0.3) is 0 Å². The number of likely N-dealkylation sites (tertiary alicyclic amines) is 1. The van der Waals surface area contributed by atoms with Crippen LogP contribution in [0.4, 0.5) is 4.39 Å². The quantitative estimate of drug-likeness (QED) is 0.898. The first-order chi connectivity index (χ1) is 13.0. The van der Waals surface area contributed by atoms with E-state index in [0.29, 0.717) is 17.9 Å². The van der Waals surface area contributed by atoms with E-state index in [9.17, 15) is 9.18 Å². The molecule has 2 atom stereocenters. The van der Waals surface area contributed by atoms with Crippen molar-refractivity contribution in [3.8, 4) is 16.9 Å². The zero-order valence-electron chi connectivity index (χ0n) is 15.7. The Morgan fingerprint density at radius 1 is 1.33 bits per heavy atom. The average molecular weight is 369 g/mol. The Kier molecular flexibility index (Phi) is 4.60. The lowest BCUT2D eigenvalue weighted by atomic mass is 9.96. The predicted octanol–water partition coefficient (Wildman–Crippen LogP) is 3.31. The fourth-order valence-electron chi connectivity index (χ4n) is 4.18. The number of halogens is 1. The Morgan fingerprint density at radius 2 is 2.19 bits per heavy atom. The van der Waals surface area contributed by atoms with Crippen molar-refractivity contribution >= 4 is 5.91 Å². The first-order valence-electron chi connectivity index (χ1n) is 9.44. The maximum Gasteiger partial charge on any atom is 0.242 e. The first-order valence-corrected chi connectivity index (χ1v) is 9.44. The Labute approximate surface area is 158 Å². The van der Waals surface area contributed by atoms with Crippen LogP contribution in [0.3, 0.4) is 0 Å². The van der Waals surface area contributed by atoms with E-state index in [-0.39, 0.29) is 17.8 Å². The molecule has 2 aliphatic heterocycles. The summed E-state index contributed by atoms with van der Waals surface area (Å²) in [5, 5.41) is 3.52. The van der Waals surface area contributed by atoms with Crippen molar-refractivity contribution in [2.45, 2.75) is 37.8 Å². The van der Waals surface area contributed by atoms with Crippen LogP contribution in [-0.4, -0.2) is 41.5 Å². The highest BCUT2D eigenvalue weighted by Gasteiger charge is 2.50. The third-order valence-corrected chi connectivity index (χ3v) is 5.64. The normalized spacial score (nSPS) is 24.8. The molecule has 0 radical (unpaired) electrons. The van der Waals surface area contributed by atoms with Crippen LogP contribution in [0.1, 0.15) is 37.9 Å². The van der Waals surface area contributed by atoms with Gasteiger partial charge in [-0.2, -0.15) is 0 Å². The molecule has 0 saturated carbocycles. The number of ether oxygens (including phenoxy) is 1. The van der Waals surface area contributed by atoms with Crippen molar-refractivity contribution in [1.29, 1.82) is 0 Å². The van der Waals surface area contributed by atoms with Crippen molar-refractivity contribution in [1.82, 2.24) is 15.2 Å². The molecule has 6 heteroatoms. The minimum atomic E-state index is -0.461. The minimum Gasteiger partial charge on any atom is -0.494 e. The van der Waals surface area contributed by atoms with Crippen LogP contribution in [0.15, 0.2) is 36.5 Å².